The summed E-state index contributed by atoms with van der Waals surface area (Å²) in [5.41, 5.74) is 0.656. The van der Waals surface area contributed by atoms with Crippen LogP contribution in [0, 0.1) is 5.92 Å². The molecule has 1 N–H and O–H groups in total. The Balaban J connectivity index is 1.72. The van der Waals surface area contributed by atoms with Crippen LogP contribution in [-0.2, 0) is 0 Å². The van der Waals surface area contributed by atoms with Crippen LogP contribution in [0.1, 0.15) is 23.2 Å². The SMILES string of the molecule is CNCC1CCN(C(=O)c2cc(Br)c3c(c2)OCCO3)CC1. The molecule has 0 atom stereocenters. The van der Waals surface area contributed by atoms with Crippen LogP contribution < -0.4 is 14.8 Å². The lowest BCUT2D eigenvalue weighted by Gasteiger charge is -2.32. The van der Waals surface area contributed by atoms with E-state index in [1.54, 1.807) is 6.07 Å². The van der Waals surface area contributed by atoms with Gasteiger partial charge in [-0.2, -0.15) is 0 Å². The van der Waals surface area contributed by atoms with Gasteiger partial charge >= 0.3 is 0 Å². The Bertz CT molecular complexity index is 557. The second-order valence-electron chi connectivity index (χ2n) is 5.78. The van der Waals surface area contributed by atoms with Gasteiger partial charge in [0, 0.05) is 18.7 Å². The third-order valence-corrected chi connectivity index (χ3v) is 4.83. The van der Waals surface area contributed by atoms with Gasteiger partial charge in [0.2, 0.25) is 0 Å². The Labute approximate surface area is 139 Å². The van der Waals surface area contributed by atoms with Crippen molar-refractivity contribution < 1.29 is 14.3 Å². The van der Waals surface area contributed by atoms with Gasteiger partial charge in [0.1, 0.15) is 13.2 Å². The minimum atomic E-state index is 0.0700. The molecule has 2 aliphatic rings. The number of nitrogens with one attached hydrogen (secondary N) is 1. The van der Waals surface area contributed by atoms with Crippen molar-refractivity contribution in [2.24, 2.45) is 5.92 Å². The molecule has 3 rings (SSSR count). The predicted octanol–water partition coefficient (Wildman–Crippen LogP) is 2.29. The molecule has 0 saturated carbocycles. The van der Waals surface area contributed by atoms with E-state index in [1.807, 2.05) is 18.0 Å². The van der Waals surface area contributed by atoms with Crippen LogP contribution in [-0.4, -0.2) is 50.7 Å². The highest BCUT2D eigenvalue weighted by Gasteiger charge is 2.25. The number of amides is 1. The highest BCUT2D eigenvalue weighted by Crippen LogP contribution is 2.39. The van der Waals surface area contributed by atoms with Gasteiger partial charge in [0.05, 0.1) is 4.47 Å². The van der Waals surface area contributed by atoms with Gasteiger partial charge in [-0.15, -0.1) is 0 Å². The molecular formula is C16H21BrN2O3. The Morgan fingerprint density at radius 2 is 2.05 bits per heavy atom. The largest absolute Gasteiger partial charge is 0.486 e. The Kier molecular flexibility index (Phi) is 4.88. The fourth-order valence-electron chi connectivity index (χ4n) is 3.05. The molecule has 1 fully saturated rings. The molecule has 0 unspecified atom stereocenters. The first kappa shape index (κ1) is 15.6. The zero-order valence-electron chi connectivity index (χ0n) is 12.7. The highest BCUT2D eigenvalue weighted by atomic mass is 79.9. The number of nitrogens with zero attached hydrogens (tertiary/aromatic N) is 1. The van der Waals surface area contributed by atoms with E-state index in [9.17, 15) is 4.79 Å². The highest BCUT2D eigenvalue weighted by molar-refractivity contribution is 9.10. The number of fused-ring (bicyclic) bond motifs is 1. The van der Waals surface area contributed by atoms with Crippen molar-refractivity contribution in [3.63, 3.8) is 0 Å². The number of hydrogen-bond acceptors (Lipinski definition) is 4. The average Bonchev–Trinajstić information content (AvgIpc) is 2.55. The second kappa shape index (κ2) is 6.87. The third-order valence-electron chi connectivity index (χ3n) is 4.24. The molecule has 1 aromatic carbocycles. The zero-order chi connectivity index (χ0) is 15.5. The van der Waals surface area contributed by atoms with Gasteiger partial charge in [0.25, 0.3) is 5.91 Å². The second-order valence-corrected chi connectivity index (χ2v) is 6.63. The van der Waals surface area contributed by atoms with E-state index in [0.717, 1.165) is 36.9 Å². The molecule has 5 nitrogen and oxygen atoms in total. The first-order chi connectivity index (χ1) is 10.7. The summed E-state index contributed by atoms with van der Waals surface area (Å²) < 4.78 is 11.9. The molecule has 22 heavy (non-hydrogen) atoms. The summed E-state index contributed by atoms with van der Waals surface area (Å²) in [5.74, 6) is 2.08. The van der Waals surface area contributed by atoms with Gasteiger partial charge in [0.15, 0.2) is 11.5 Å². The molecule has 1 saturated heterocycles. The molecule has 0 bridgehead atoms. The standard InChI is InChI=1S/C16H21BrN2O3/c1-18-10-11-2-4-19(5-3-11)16(20)12-8-13(17)15-14(9-12)21-6-7-22-15/h8-9,11,18H,2-7,10H2,1H3. The van der Waals surface area contributed by atoms with Crippen molar-refractivity contribution in [3.8, 4) is 11.5 Å². The first-order valence-electron chi connectivity index (χ1n) is 7.72. The van der Waals surface area contributed by atoms with Crippen LogP contribution in [0.25, 0.3) is 0 Å². The maximum atomic E-state index is 12.7. The summed E-state index contributed by atoms with van der Waals surface area (Å²) in [6, 6.07) is 3.62. The first-order valence-corrected chi connectivity index (χ1v) is 8.51. The quantitative estimate of drug-likeness (QED) is 0.889. The van der Waals surface area contributed by atoms with E-state index in [-0.39, 0.29) is 5.91 Å². The number of rotatable bonds is 3. The zero-order valence-corrected chi connectivity index (χ0v) is 14.3. The topological polar surface area (TPSA) is 50.8 Å². The van der Waals surface area contributed by atoms with Crippen molar-refractivity contribution in [1.29, 1.82) is 0 Å². The number of ether oxygens (including phenoxy) is 2. The average molecular weight is 369 g/mol. The normalized spacial score (nSPS) is 18.4. The van der Waals surface area contributed by atoms with E-state index < -0.39 is 0 Å². The summed E-state index contributed by atoms with van der Waals surface area (Å²) in [6.45, 7) is 3.72. The van der Waals surface area contributed by atoms with Gasteiger partial charge in [-0.1, -0.05) is 0 Å². The van der Waals surface area contributed by atoms with Crippen LogP contribution in [0.2, 0.25) is 0 Å². The summed E-state index contributed by atoms with van der Waals surface area (Å²) in [5, 5.41) is 3.21. The smallest absolute Gasteiger partial charge is 0.254 e. The fraction of sp³-hybridized carbons (Fsp3) is 0.562. The van der Waals surface area contributed by atoms with Gasteiger partial charge in [-0.3, -0.25) is 4.79 Å². The molecule has 2 aliphatic heterocycles. The van der Waals surface area contributed by atoms with Crippen molar-refractivity contribution >= 4 is 21.8 Å². The summed E-state index contributed by atoms with van der Waals surface area (Å²) >= 11 is 3.47. The minimum absolute atomic E-state index is 0.0700. The van der Waals surface area contributed by atoms with Crippen LogP contribution in [0.15, 0.2) is 16.6 Å². The van der Waals surface area contributed by atoms with Crippen LogP contribution >= 0.6 is 15.9 Å². The third kappa shape index (κ3) is 3.22. The summed E-state index contributed by atoms with van der Waals surface area (Å²) in [4.78, 5) is 14.6. The molecule has 0 spiro atoms. The van der Waals surface area contributed by atoms with Crippen LogP contribution in [0.4, 0.5) is 0 Å². The van der Waals surface area contributed by atoms with E-state index in [0.29, 0.717) is 36.2 Å². The van der Waals surface area contributed by atoms with Crippen LogP contribution in [0.3, 0.4) is 0 Å². The van der Waals surface area contributed by atoms with Crippen molar-refractivity contribution in [2.45, 2.75) is 12.8 Å². The molecule has 1 aromatic rings. The minimum Gasteiger partial charge on any atom is -0.486 e. The number of benzene rings is 1. The number of piperidine rings is 1. The van der Waals surface area contributed by atoms with Gasteiger partial charge in [-0.05, 0) is 60.4 Å². The maximum Gasteiger partial charge on any atom is 0.254 e. The molecule has 1 amide bonds. The summed E-state index contributed by atoms with van der Waals surface area (Å²) in [6.07, 6.45) is 2.11. The molecule has 2 heterocycles. The molecule has 6 heteroatoms. The number of hydrogen-bond donors (Lipinski definition) is 1. The van der Waals surface area contributed by atoms with E-state index in [1.165, 1.54) is 0 Å². The Morgan fingerprint density at radius 3 is 2.77 bits per heavy atom. The number of likely N-dealkylation sites (tertiary alicyclic amines) is 1. The molecule has 0 aliphatic carbocycles. The predicted molar refractivity (Wildman–Crippen MR) is 87.7 cm³/mol. The van der Waals surface area contributed by atoms with E-state index in [4.69, 9.17) is 9.47 Å². The summed E-state index contributed by atoms with van der Waals surface area (Å²) in [7, 11) is 1.98. The fourth-order valence-corrected chi connectivity index (χ4v) is 3.60. The number of carbonyl (C=O) groups is 1. The molecular weight excluding hydrogens is 348 g/mol. The number of halogens is 1. The Hall–Kier alpha value is -1.27. The van der Waals surface area contributed by atoms with Crippen molar-refractivity contribution in [1.82, 2.24) is 10.2 Å². The molecule has 0 radical (unpaired) electrons. The lowest BCUT2D eigenvalue weighted by molar-refractivity contribution is 0.0689. The van der Waals surface area contributed by atoms with Crippen molar-refractivity contribution in [2.75, 3.05) is 39.9 Å². The maximum absolute atomic E-state index is 12.7. The lowest BCUT2D eigenvalue weighted by atomic mass is 9.96. The van der Waals surface area contributed by atoms with Crippen molar-refractivity contribution in [3.05, 3.63) is 22.2 Å². The molecule has 120 valence electrons. The number of carbonyl (C=O) groups excluding carboxylic acids is 1. The lowest BCUT2D eigenvalue weighted by Crippen LogP contribution is -2.40. The monoisotopic (exact) mass is 368 g/mol. The van der Waals surface area contributed by atoms with E-state index in [2.05, 4.69) is 21.2 Å². The van der Waals surface area contributed by atoms with Gasteiger partial charge < -0.3 is 19.7 Å². The molecule has 0 aromatic heterocycles. The Morgan fingerprint density at radius 1 is 1.32 bits per heavy atom. The van der Waals surface area contributed by atoms with E-state index >= 15 is 0 Å². The van der Waals surface area contributed by atoms with Gasteiger partial charge in [-0.25, -0.2) is 0 Å². The van der Waals surface area contributed by atoms with Crippen LogP contribution in [0.5, 0.6) is 11.5 Å².